The van der Waals surface area contributed by atoms with Gasteiger partial charge in [-0.25, -0.2) is 0 Å². The van der Waals surface area contributed by atoms with Crippen LogP contribution in [-0.4, -0.2) is 17.4 Å². The second-order valence-electron chi connectivity index (χ2n) is 4.67. The summed E-state index contributed by atoms with van der Waals surface area (Å²) in [5.74, 6) is 0.113. The molecule has 0 aromatic heterocycles. The molecule has 25 heavy (non-hydrogen) atoms. The van der Waals surface area contributed by atoms with E-state index in [9.17, 15) is 23.3 Å². The van der Waals surface area contributed by atoms with Gasteiger partial charge in [0.15, 0.2) is 0 Å². The van der Waals surface area contributed by atoms with Crippen molar-refractivity contribution in [3.8, 4) is 17.2 Å². The normalized spacial score (nSPS) is 11.2. The summed E-state index contributed by atoms with van der Waals surface area (Å²) in [5, 5.41) is 10.7. The van der Waals surface area contributed by atoms with Gasteiger partial charge in [-0.2, -0.15) is 13.2 Å². The first-order valence-electron chi connectivity index (χ1n) is 6.74. The highest BCUT2D eigenvalue weighted by Crippen LogP contribution is 2.38. The van der Waals surface area contributed by atoms with Gasteiger partial charge >= 0.3 is 11.9 Å². The van der Waals surface area contributed by atoms with Gasteiger partial charge in [0, 0.05) is 12.1 Å². The largest absolute Gasteiger partial charge is 0.485 e. The van der Waals surface area contributed by atoms with Crippen LogP contribution in [0.1, 0.15) is 5.56 Å². The zero-order chi connectivity index (χ0) is 18.6. The van der Waals surface area contributed by atoms with E-state index < -0.39 is 16.7 Å². The van der Waals surface area contributed by atoms with E-state index in [4.69, 9.17) is 32.7 Å². The van der Waals surface area contributed by atoms with Crippen molar-refractivity contribution in [1.82, 2.24) is 0 Å². The van der Waals surface area contributed by atoms with Crippen molar-refractivity contribution in [2.45, 2.75) is 6.18 Å². The third-order valence-electron chi connectivity index (χ3n) is 2.95. The topological polar surface area (TPSA) is 61.6 Å². The molecule has 0 spiro atoms. The number of hydrogen-bond acceptors (Lipinski definition) is 4. The first-order chi connectivity index (χ1) is 11.7. The number of nitro benzene ring substituents is 1. The molecule has 0 heterocycles. The molecule has 0 N–H and O–H groups in total. The summed E-state index contributed by atoms with van der Waals surface area (Å²) in [6.45, 7) is 0.0346. The van der Waals surface area contributed by atoms with Crippen LogP contribution in [0.25, 0.3) is 0 Å². The minimum absolute atomic E-state index is 0.0346. The molecule has 134 valence electrons. The third kappa shape index (κ3) is 4.90. The first-order valence-corrected chi connectivity index (χ1v) is 7.65. The molecular formula is C15H10Cl2F3NO4. The fourth-order valence-electron chi connectivity index (χ4n) is 1.86. The quantitative estimate of drug-likeness (QED) is 0.358. The van der Waals surface area contributed by atoms with E-state index in [1.165, 1.54) is 12.1 Å². The summed E-state index contributed by atoms with van der Waals surface area (Å²) in [5.41, 5.74) is -1.21. The first kappa shape index (κ1) is 19.1. The summed E-state index contributed by atoms with van der Waals surface area (Å²) in [6.07, 6.45) is -4.53. The van der Waals surface area contributed by atoms with Gasteiger partial charge in [-0.15, -0.1) is 11.6 Å². The van der Waals surface area contributed by atoms with Crippen molar-refractivity contribution in [3.05, 3.63) is 57.1 Å². The lowest BCUT2D eigenvalue weighted by Crippen LogP contribution is -2.04. The molecule has 0 saturated carbocycles. The minimum Gasteiger partial charge on any atom is -0.485 e. The van der Waals surface area contributed by atoms with Gasteiger partial charge in [-0.3, -0.25) is 10.1 Å². The minimum atomic E-state index is -4.53. The summed E-state index contributed by atoms with van der Waals surface area (Å²) < 4.78 is 48.5. The van der Waals surface area contributed by atoms with Crippen LogP contribution >= 0.6 is 23.2 Å². The number of hydrogen-bond donors (Lipinski definition) is 0. The monoisotopic (exact) mass is 395 g/mol. The summed E-state index contributed by atoms with van der Waals surface area (Å²) >= 11 is 11.3. The highest BCUT2D eigenvalue weighted by atomic mass is 35.5. The van der Waals surface area contributed by atoms with Gasteiger partial charge in [0.25, 0.3) is 0 Å². The van der Waals surface area contributed by atoms with Crippen molar-refractivity contribution < 1.29 is 27.6 Å². The van der Waals surface area contributed by atoms with Crippen LogP contribution < -0.4 is 9.47 Å². The number of nitro groups is 1. The molecular weight excluding hydrogens is 386 g/mol. The number of ether oxygens (including phenoxy) is 2. The number of rotatable bonds is 6. The zero-order valence-electron chi connectivity index (χ0n) is 12.3. The molecule has 0 saturated heterocycles. The molecule has 0 amide bonds. The lowest BCUT2D eigenvalue weighted by atomic mass is 10.2. The van der Waals surface area contributed by atoms with Crippen molar-refractivity contribution >= 4 is 28.9 Å². The standard InChI is InChI=1S/C15H10Cl2F3NO4/c16-5-6-24-14-8-10(2-3-12(14)21(22)23)25-13-4-1-9(7-11(13)17)15(18,19)20/h1-4,7-8H,5-6H2. The molecule has 0 aliphatic heterocycles. The molecule has 0 aliphatic rings. The fraction of sp³-hybridized carbons (Fsp3) is 0.200. The highest BCUT2D eigenvalue weighted by molar-refractivity contribution is 6.32. The Morgan fingerprint density at radius 1 is 1.12 bits per heavy atom. The van der Waals surface area contributed by atoms with Crippen LogP contribution in [0, 0.1) is 10.1 Å². The van der Waals surface area contributed by atoms with E-state index in [1.54, 1.807) is 0 Å². The van der Waals surface area contributed by atoms with Crippen molar-refractivity contribution in [1.29, 1.82) is 0 Å². The van der Waals surface area contributed by atoms with Gasteiger partial charge in [0.05, 0.1) is 21.4 Å². The van der Waals surface area contributed by atoms with Gasteiger partial charge in [0.1, 0.15) is 18.1 Å². The van der Waals surface area contributed by atoms with E-state index in [-0.39, 0.29) is 40.4 Å². The maximum absolute atomic E-state index is 12.6. The second-order valence-corrected chi connectivity index (χ2v) is 5.45. The van der Waals surface area contributed by atoms with E-state index >= 15 is 0 Å². The Kier molecular flexibility index (Phi) is 5.97. The van der Waals surface area contributed by atoms with Gasteiger partial charge in [-0.1, -0.05) is 11.6 Å². The predicted molar refractivity (Wildman–Crippen MR) is 85.8 cm³/mol. The average Bonchev–Trinajstić information content (AvgIpc) is 2.53. The maximum Gasteiger partial charge on any atom is 0.416 e. The fourth-order valence-corrected chi connectivity index (χ4v) is 2.16. The number of halogens is 5. The molecule has 0 fully saturated rings. The molecule has 0 unspecified atom stereocenters. The van der Waals surface area contributed by atoms with Gasteiger partial charge < -0.3 is 9.47 Å². The Bertz CT molecular complexity index is 784. The van der Waals surface area contributed by atoms with Crippen molar-refractivity contribution in [2.75, 3.05) is 12.5 Å². The lowest BCUT2D eigenvalue weighted by molar-refractivity contribution is -0.385. The maximum atomic E-state index is 12.6. The van der Waals surface area contributed by atoms with Crippen LogP contribution in [0.15, 0.2) is 36.4 Å². The lowest BCUT2D eigenvalue weighted by Gasteiger charge is -2.12. The van der Waals surface area contributed by atoms with Crippen molar-refractivity contribution in [3.63, 3.8) is 0 Å². The van der Waals surface area contributed by atoms with E-state index in [2.05, 4.69) is 0 Å². The Hall–Kier alpha value is -2.19. The van der Waals surface area contributed by atoms with E-state index in [1.807, 2.05) is 0 Å². The second kappa shape index (κ2) is 7.79. The number of benzene rings is 2. The Morgan fingerprint density at radius 2 is 1.84 bits per heavy atom. The van der Waals surface area contributed by atoms with Crippen LogP contribution in [0.3, 0.4) is 0 Å². The SMILES string of the molecule is O=[N+]([O-])c1ccc(Oc2ccc(C(F)(F)F)cc2Cl)cc1OCCCl. The van der Waals surface area contributed by atoms with Gasteiger partial charge in [0.2, 0.25) is 5.75 Å². The molecule has 0 aliphatic carbocycles. The Morgan fingerprint density at radius 3 is 2.40 bits per heavy atom. The van der Waals surface area contributed by atoms with Crippen molar-refractivity contribution in [2.24, 2.45) is 0 Å². The van der Waals surface area contributed by atoms with Crippen LogP contribution in [-0.2, 0) is 6.18 Å². The highest BCUT2D eigenvalue weighted by Gasteiger charge is 2.31. The number of nitrogens with zero attached hydrogens (tertiary/aromatic N) is 1. The Labute approximate surface area is 150 Å². The van der Waals surface area contributed by atoms with Crippen LogP contribution in [0.2, 0.25) is 5.02 Å². The third-order valence-corrected chi connectivity index (χ3v) is 3.40. The van der Waals surface area contributed by atoms with Gasteiger partial charge in [-0.05, 0) is 24.3 Å². The van der Waals surface area contributed by atoms with E-state index in [0.29, 0.717) is 0 Å². The molecule has 10 heteroatoms. The predicted octanol–water partition coefficient (Wildman–Crippen LogP) is 5.68. The summed E-state index contributed by atoms with van der Waals surface area (Å²) in [7, 11) is 0. The molecule has 0 atom stereocenters. The Balaban J connectivity index is 2.29. The zero-order valence-corrected chi connectivity index (χ0v) is 13.9. The average molecular weight is 396 g/mol. The summed E-state index contributed by atoms with van der Waals surface area (Å²) in [4.78, 5) is 10.3. The smallest absolute Gasteiger partial charge is 0.416 e. The molecule has 0 bridgehead atoms. The summed E-state index contributed by atoms with van der Waals surface area (Å²) in [6, 6.07) is 6.27. The number of alkyl halides is 4. The van der Waals surface area contributed by atoms with Crippen LogP contribution in [0.5, 0.6) is 17.2 Å². The van der Waals surface area contributed by atoms with Crippen LogP contribution in [0.4, 0.5) is 18.9 Å². The molecule has 0 radical (unpaired) electrons. The van der Waals surface area contributed by atoms with E-state index in [0.717, 1.165) is 24.3 Å². The molecule has 2 rings (SSSR count). The molecule has 2 aromatic rings. The molecule has 2 aromatic carbocycles. The molecule has 5 nitrogen and oxygen atoms in total.